The summed E-state index contributed by atoms with van der Waals surface area (Å²) in [6.07, 6.45) is 4.05. The standard InChI is InChI=1S/C28H29Cl2N5O3/c1-33(27(36)16-35-23-12-21(29)22(30)13-25(23)38-17-28(35)37)24(15-34-10-2-3-11-34)19-6-4-18(5-7-19)20-8-9-26(31)32-14-20/h4-9,12-14,24H,2-3,10-11,15-17H2,1H3,(H2,31,32). The Bertz CT molecular complexity index is 1330. The summed E-state index contributed by atoms with van der Waals surface area (Å²) in [6.45, 7) is 2.42. The summed E-state index contributed by atoms with van der Waals surface area (Å²) in [4.78, 5) is 36.1. The van der Waals surface area contributed by atoms with E-state index in [1.54, 1.807) is 36.3 Å². The number of likely N-dealkylation sites (tertiary alicyclic amines) is 1. The lowest BCUT2D eigenvalue weighted by Gasteiger charge is -2.35. The lowest BCUT2D eigenvalue weighted by atomic mass is 10.00. The molecule has 0 bridgehead atoms. The van der Waals surface area contributed by atoms with Crippen molar-refractivity contribution < 1.29 is 14.3 Å². The number of anilines is 2. The van der Waals surface area contributed by atoms with Crippen LogP contribution in [0.3, 0.4) is 0 Å². The van der Waals surface area contributed by atoms with Gasteiger partial charge in [-0.25, -0.2) is 4.98 Å². The number of pyridine rings is 1. The van der Waals surface area contributed by atoms with Crippen LogP contribution in [0.4, 0.5) is 11.5 Å². The fourth-order valence-corrected chi connectivity index (χ4v) is 5.24. The second-order valence-corrected chi connectivity index (χ2v) is 10.4. The van der Waals surface area contributed by atoms with Gasteiger partial charge in [-0.2, -0.15) is 0 Å². The third-order valence-corrected chi connectivity index (χ3v) is 7.87. The molecule has 2 aliphatic rings. The summed E-state index contributed by atoms with van der Waals surface area (Å²) in [6, 6.07) is 14.8. The van der Waals surface area contributed by atoms with Gasteiger partial charge in [0.05, 0.1) is 21.8 Å². The summed E-state index contributed by atoms with van der Waals surface area (Å²) in [5.41, 5.74) is 9.17. The SMILES string of the molecule is CN(C(=O)CN1C(=O)COc2cc(Cl)c(Cl)cc21)C(CN1CCCC1)c1ccc(-c2ccc(N)nc2)cc1. The smallest absolute Gasteiger partial charge is 0.265 e. The minimum absolute atomic E-state index is 0.130. The molecule has 1 atom stereocenters. The van der Waals surface area contributed by atoms with E-state index in [1.807, 2.05) is 30.3 Å². The van der Waals surface area contributed by atoms with Crippen LogP contribution >= 0.6 is 23.2 Å². The van der Waals surface area contributed by atoms with Crippen molar-refractivity contribution in [2.45, 2.75) is 18.9 Å². The Balaban J connectivity index is 1.39. The van der Waals surface area contributed by atoms with Crippen molar-refractivity contribution in [1.29, 1.82) is 0 Å². The van der Waals surface area contributed by atoms with Crippen LogP contribution in [0.5, 0.6) is 5.75 Å². The van der Waals surface area contributed by atoms with Crippen molar-refractivity contribution in [2.75, 3.05) is 50.5 Å². The summed E-state index contributed by atoms with van der Waals surface area (Å²) in [7, 11) is 1.79. The molecule has 2 aromatic carbocycles. The molecule has 5 rings (SSSR count). The van der Waals surface area contributed by atoms with E-state index in [2.05, 4.69) is 9.88 Å². The Morgan fingerprint density at radius 3 is 2.45 bits per heavy atom. The van der Waals surface area contributed by atoms with Crippen LogP contribution in [0.1, 0.15) is 24.4 Å². The number of rotatable bonds is 7. The molecule has 2 N–H and O–H groups in total. The summed E-state index contributed by atoms with van der Waals surface area (Å²) in [5.74, 6) is 0.405. The van der Waals surface area contributed by atoms with E-state index < -0.39 is 0 Å². The van der Waals surface area contributed by atoms with Gasteiger partial charge in [-0.15, -0.1) is 0 Å². The fraction of sp³-hybridized carbons (Fsp3) is 0.321. The van der Waals surface area contributed by atoms with Crippen molar-refractivity contribution in [3.63, 3.8) is 0 Å². The van der Waals surface area contributed by atoms with Crippen molar-refractivity contribution in [3.05, 3.63) is 70.3 Å². The predicted molar refractivity (Wildman–Crippen MR) is 150 cm³/mol. The van der Waals surface area contributed by atoms with E-state index in [0.717, 1.165) is 42.6 Å². The first-order valence-corrected chi connectivity index (χ1v) is 13.3. The van der Waals surface area contributed by atoms with Gasteiger partial charge in [0.15, 0.2) is 6.61 Å². The monoisotopic (exact) mass is 553 g/mol. The molecule has 2 aliphatic heterocycles. The molecule has 198 valence electrons. The molecule has 2 amide bonds. The number of amides is 2. The Hall–Kier alpha value is -3.33. The lowest BCUT2D eigenvalue weighted by molar-refractivity contribution is -0.133. The van der Waals surface area contributed by atoms with Gasteiger partial charge < -0.3 is 20.3 Å². The van der Waals surface area contributed by atoms with E-state index in [1.165, 1.54) is 4.90 Å². The van der Waals surface area contributed by atoms with Crippen LogP contribution < -0.4 is 15.4 Å². The minimum atomic E-state index is -0.310. The van der Waals surface area contributed by atoms with Gasteiger partial charge in [0.1, 0.15) is 18.1 Å². The predicted octanol–water partition coefficient (Wildman–Crippen LogP) is 4.66. The topological polar surface area (TPSA) is 92.0 Å². The number of halogens is 2. The number of carbonyl (C=O) groups excluding carboxylic acids is 2. The van der Waals surface area contributed by atoms with E-state index >= 15 is 0 Å². The molecule has 1 saturated heterocycles. The van der Waals surface area contributed by atoms with Crippen LogP contribution in [0, 0.1) is 0 Å². The zero-order valence-corrected chi connectivity index (χ0v) is 22.6. The highest BCUT2D eigenvalue weighted by atomic mass is 35.5. The number of benzene rings is 2. The number of likely N-dealkylation sites (N-methyl/N-ethyl adjacent to an activating group) is 1. The first-order chi connectivity index (χ1) is 18.3. The summed E-state index contributed by atoms with van der Waals surface area (Å²) >= 11 is 12.3. The van der Waals surface area contributed by atoms with E-state index in [4.69, 9.17) is 33.7 Å². The molecule has 3 aromatic rings. The second kappa shape index (κ2) is 11.2. The van der Waals surface area contributed by atoms with Crippen LogP contribution in [0.2, 0.25) is 10.0 Å². The van der Waals surface area contributed by atoms with Gasteiger partial charge >= 0.3 is 0 Å². The number of ether oxygens (including phenoxy) is 1. The molecule has 8 nitrogen and oxygen atoms in total. The Kier molecular flexibility index (Phi) is 7.74. The lowest BCUT2D eigenvalue weighted by Crippen LogP contribution is -2.47. The number of nitrogens with zero attached hydrogens (tertiary/aromatic N) is 4. The molecule has 0 aliphatic carbocycles. The zero-order valence-electron chi connectivity index (χ0n) is 21.1. The maximum absolute atomic E-state index is 13.6. The number of carbonyl (C=O) groups is 2. The van der Waals surface area contributed by atoms with E-state index in [0.29, 0.717) is 28.8 Å². The highest BCUT2D eigenvalue weighted by Gasteiger charge is 2.32. The third kappa shape index (κ3) is 5.57. The normalized spacial score (nSPS) is 16.2. The molecular weight excluding hydrogens is 525 g/mol. The number of aromatic nitrogens is 1. The third-order valence-electron chi connectivity index (χ3n) is 7.14. The van der Waals surface area contributed by atoms with Gasteiger partial charge in [-0.3, -0.25) is 14.5 Å². The molecule has 1 unspecified atom stereocenters. The molecule has 1 fully saturated rings. The molecule has 3 heterocycles. The number of nitrogens with two attached hydrogens (primary N) is 1. The maximum Gasteiger partial charge on any atom is 0.265 e. The van der Waals surface area contributed by atoms with Crippen LogP contribution in [-0.4, -0.2) is 66.4 Å². The summed E-state index contributed by atoms with van der Waals surface area (Å²) < 4.78 is 5.53. The fourth-order valence-electron chi connectivity index (χ4n) is 4.93. The number of fused-ring (bicyclic) bond motifs is 1. The Morgan fingerprint density at radius 1 is 1.08 bits per heavy atom. The molecule has 10 heteroatoms. The van der Waals surface area contributed by atoms with Gasteiger partial charge in [0.2, 0.25) is 5.91 Å². The first-order valence-electron chi connectivity index (χ1n) is 12.5. The molecule has 1 aromatic heterocycles. The largest absolute Gasteiger partial charge is 0.482 e. The van der Waals surface area contributed by atoms with Gasteiger partial charge in [-0.05, 0) is 55.3 Å². The van der Waals surface area contributed by atoms with Gasteiger partial charge in [-0.1, -0.05) is 47.5 Å². The van der Waals surface area contributed by atoms with Crippen LogP contribution in [0.25, 0.3) is 11.1 Å². The zero-order chi connectivity index (χ0) is 26.8. The van der Waals surface area contributed by atoms with Gasteiger partial charge in [0, 0.05) is 31.4 Å². The van der Waals surface area contributed by atoms with Crippen molar-refractivity contribution >= 4 is 46.5 Å². The molecule has 38 heavy (non-hydrogen) atoms. The van der Waals surface area contributed by atoms with Crippen molar-refractivity contribution in [1.82, 2.24) is 14.8 Å². The average molecular weight is 554 g/mol. The van der Waals surface area contributed by atoms with E-state index in [-0.39, 0.29) is 36.0 Å². The number of nitrogen functional groups attached to an aromatic ring is 1. The Labute approximate surface area is 231 Å². The highest BCUT2D eigenvalue weighted by molar-refractivity contribution is 6.42. The summed E-state index contributed by atoms with van der Waals surface area (Å²) in [5, 5.41) is 0.616. The van der Waals surface area contributed by atoms with E-state index in [9.17, 15) is 9.59 Å². The van der Waals surface area contributed by atoms with Crippen molar-refractivity contribution in [2.24, 2.45) is 0 Å². The van der Waals surface area contributed by atoms with Crippen LogP contribution in [0.15, 0.2) is 54.7 Å². The number of hydrogen-bond acceptors (Lipinski definition) is 6. The highest BCUT2D eigenvalue weighted by Crippen LogP contribution is 2.39. The average Bonchev–Trinajstić information content (AvgIpc) is 3.44. The quantitative estimate of drug-likeness (QED) is 0.457. The minimum Gasteiger partial charge on any atom is -0.482 e. The Morgan fingerprint density at radius 2 is 1.76 bits per heavy atom. The van der Waals surface area contributed by atoms with Crippen molar-refractivity contribution in [3.8, 4) is 16.9 Å². The second-order valence-electron chi connectivity index (χ2n) is 9.62. The molecule has 0 radical (unpaired) electrons. The molecular formula is C28H29Cl2N5O3. The maximum atomic E-state index is 13.6. The molecule has 0 saturated carbocycles. The molecule has 0 spiro atoms. The van der Waals surface area contributed by atoms with Crippen LogP contribution in [-0.2, 0) is 9.59 Å². The number of hydrogen-bond donors (Lipinski definition) is 1. The van der Waals surface area contributed by atoms with Gasteiger partial charge in [0.25, 0.3) is 5.91 Å². The first kappa shape index (κ1) is 26.3.